The lowest BCUT2D eigenvalue weighted by molar-refractivity contribution is -0.124. The lowest BCUT2D eigenvalue weighted by Gasteiger charge is -2.11. The maximum Gasteiger partial charge on any atom is 0.231 e. The van der Waals surface area contributed by atoms with Crippen molar-refractivity contribution >= 4 is 18.3 Å². The smallest absolute Gasteiger partial charge is 0.231 e. The summed E-state index contributed by atoms with van der Waals surface area (Å²) in [5.74, 6) is 1.85. The molecule has 0 spiro atoms. The Morgan fingerprint density at radius 1 is 1.45 bits per heavy atom. The fraction of sp³-hybridized carbons (Fsp3) is 0.462. The zero-order chi connectivity index (χ0) is 13.7. The highest BCUT2D eigenvalue weighted by Gasteiger charge is 2.14. The first kappa shape index (κ1) is 16.4. The van der Waals surface area contributed by atoms with Gasteiger partial charge in [-0.2, -0.15) is 0 Å². The second-order valence-corrected chi connectivity index (χ2v) is 4.29. The molecule has 0 radical (unpaired) electrons. The van der Waals surface area contributed by atoms with Crippen molar-refractivity contribution in [3.63, 3.8) is 0 Å². The van der Waals surface area contributed by atoms with Crippen molar-refractivity contribution in [1.29, 1.82) is 0 Å². The second-order valence-electron chi connectivity index (χ2n) is 4.29. The van der Waals surface area contributed by atoms with Gasteiger partial charge in [0.15, 0.2) is 11.5 Å². The quantitative estimate of drug-likeness (QED) is 0.764. The Morgan fingerprint density at radius 3 is 2.95 bits per heavy atom. The number of fused-ring (bicyclic) bond motifs is 1. The largest absolute Gasteiger partial charge is 0.492 e. The molecule has 1 aliphatic rings. The molecule has 2 rings (SSSR count). The lowest BCUT2D eigenvalue weighted by atomic mass is 10.2. The number of hydrogen-bond donors (Lipinski definition) is 2. The molecule has 1 amide bonds. The van der Waals surface area contributed by atoms with Crippen LogP contribution in [0, 0.1) is 5.92 Å². The summed E-state index contributed by atoms with van der Waals surface area (Å²) in [4.78, 5) is 11.5. The van der Waals surface area contributed by atoms with E-state index in [4.69, 9.17) is 19.9 Å². The maximum atomic E-state index is 11.5. The van der Waals surface area contributed by atoms with E-state index < -0.39 is 0 Å². The van der Waals surface area contributed by atoms with Crippen LogP contribution in [0.5, 0.6) is 17.2 Å². The van der Waals surface area contributed by atoms with E-state index in [0.717, 1.165) is 5.75 Å². The summed E-state index contributed by atoms with van der Waals surface area (Å²) >= 11 is 0. The number of nitrogens with one attached hydrogen (secondary N) is 1. The van der Waals surface area contributed by atoms with Crippen molar-refractivity contribution < 1.29 is 19.0 Å². The van der Waals surface area contributed by atoms with E-state index >= 15 is 0 Å². The van der Waals surface area contributed by atoms with Crippen LogP contribution in [0.15, 0.2) is 18.2 Å². The molecule has 20 heavy (non-hydrogen) atoms. The third kappa shape index (κ3) is 4.18. The number of rotatable bonds is 6. The molecule has 3 N–H and O–H groups in total. The normalized spacial score (nSPS) is 13.3. The third-order valence-electron chi connectivity index (χ3n) is 2.82. The summed E-state index contributed by atoms with van der Waals surface area (Å²) in [7, 11) is 0. The molecule has 0 aromatic heterocycles. The lowest BCUT2D eigenvalue weighted by Crippen LogP contribution is -2.35. The van der Waals surface area contributed by atoms with Crippen LogP contribution < -0.4 is 25.3 Å². The number of carbonyl (C=O) groups excluding carboxylic acids is 1. The second kappa shape index (κ2) is 7.81. The van der Waals surface area contributed by atoms with Gasteiger partial charge in [-0.3, -0.25) is 4.79 Å². The first-order valence-electron chi connectivity index (χ1n) is 6.21. The number of ether oxygens (including phenoxy) is 3. The zero-order valence-electron chi connectivity index (χ0n) is 11.3. The van der Waals surface area contributed by atoms with Crippen LogP contribution in [0.25, 0.3) is 0 Å². The van der Waals surface area contributed by atoms with E-state index in [0.29, 0.717) is 31.2 Å². The minimum atomic E-state index is -0.175. The summed E-state index contributed by atoms with van der Waals surface area (Å²) in [6.07, 6.45) is 0. The van der Waals surface area contributed by atoms with Crippen LogP contribution in [0.4, 0.5) is 0 Å². The fourth-order valence-corrected chi connectivity index (χ4v) is 1.59. The standard InChI is InChI=1S/C13H18N2O4.ClH/c1-9(7-14)13(16)15-4-5-17-10-2-3-11-12(6-10)19-8-18-11;/h2-3,6,9H,4-5,7-8,14H2,1H3,(H,15,16);1H. The Hall–Kier alpha value is -1.66. The van der Waals surface area contributed by atoms with E-state index in [1.54, 1.807) is 25.1 Å². The molecule has 1 heterocycles. The van der Waals surface area contributed by atoms with E-state index in [2.05, 4.69) is 5.32 Å². The van der Waals surface area contributed by atoms with Gasteiger partial charge in [-0.25, -0.2) is 0 Å². The molecule has 0 bridgehead atoms. The molecule has 0 aliphatic carbocycles. The topological polar surface area (TPSA) is 82.8 Å². The molecule has 7 heteroatoms. The molecule has 0 fully saturated rings. The number of carbonyl (C=O) groups is 1. The minimum Gasteiger partial charge on any atom is -0.492 e. The van der Waals surface area contributed by atoms with Crippen molar-refractivity contribution in [3.05, 3.63) is 18.2 Å². The van der Waals surface area contributed by atoms with Crippen LogP contribution in [0.1, 0.15) is 6.92 Å². The Labute approximate surface area is 124 Å². The minimum absolute atomic E-state index is 0. The monoisotopic (exact) mass is 302 g/mol. The third-order valence-corrected chi connectivity index (χ3v) is 2.82. The number of nitrogens with two attached hydrogens (primary N) is 1. The predicted octanol–water partition coefficient (Wildman–Crippen LogP) is 0.927. The van der Waals surface area contributed by atoms with Crippen molar-refractivity contribution in [3.8, 4) is 17.2 Å². The molecule has 6 nitrogen and oxygen atoms in total. The average molecular weight is 303 g/mol. The van der Waals surface area contributed by atoms with Crippen molar-refractivity contribution in [1.82, 2.24) is 5.32 Å². The van der Waals surface area contributed by atoms with Gasteiger partial charge < -0.3 is 25.3 Å². The molecule has 0 saturated heterocycles. The van der Waals surface area contributed by atoms with Crippen LogP contribution in [-0.2, 0) is 4.79 Å². The van der Waals surface area contributed by atoms with Crippen LogP contribution >= 0.6 is 12.4 Å². The first-order valence-corrected chi connectivity index (χ1v) is 6.21. The van der Waals surface area contributed by atoms with Gasteiger partial charge >= 0.3 is 0 Å². The maximum absolute atomic E-state index is 11.5. The summed E-state index contributed by atoms with van der Waals surface area (Å²) in [5.41, 5.74) is 5.40. The van der Waals surface area contributed by atoms with E-state index in [9.17, 15) is 4.79 Å². The van der Waals surface area contributed by atoms with Crippen molar-refractivity contribution in [2.75, 3.05) is 26.5 Å². The predicted molar refractivity (Wildman–Crippen MR) is 76.5 cm³/mol. The first-order chi connectivity index (χ1) is 9.20. The molecular weight excluding hydrogens is 284 g/mol. The van der Waals surface area contributed by atoms with Crippen molar-refractivity contribution in [2.45, 2.75) is 6.92 Å². The molecule has 112 valence electrons. The van der Waals surface area contributed by atoms with Crippen molar-refractivity contribution in [2.24, 2.45) is 11.7 Å². The molecule has 1 aromatic carbocycles. The van der Waals surface area contributed by atoms with Gasteiger partial charge in [0.1, 0.15) is 12.4 Å². The zero-order valence-corrected chi connectivity index (χ0v) is 12.1. The number of hydrogen-bond acceptors (Lipinski definition) is 5. The highest BCUT2D eigenvalue weighted by molar-refractivity contribution is 5.85. The van der Waals surface area contributed by atoms with Gasteiger partial charge in [0.2, 0.25) is 12.7 Å². The van der Waals surface area contributed by atoms with Gasteiger partial charge in [0, 0.05) is 18.5 Å². The summed E-state index contributed by atoms with van der Waals surface area (Å²) in [6, 6.07) is 5.37. The van der Waals surface area contributed by atoms with E-state index in [1.807, 2.05) is 0 Å². The Bertz CT molecular complexity index is 456. The Balaban J connectivity index is 0.00000200. The summed E-state index contributed by atoms with van der Waals surface area (Å²) < 4.78 is 16.0. The summed E-state index contributed by atoms with van der Waals surface area (Å²) in [5, 5.41) is 2.76. The Kier molecular flexibility index (Phi) is 6.41. The highest BCUT2D eigenvalue weighted by atomic mass is 35.5. The van der Waals surface area contributed by atoms with Crippen LogP contribution in [-0.4, -0.2) is 32.4 Å². The van der Waals surface area contributed by atoms with Gasteiger partial charge in [-0.1, -0.05) is 6.92 Å². The molecule has 1 atom stereocenters. The fourth-order valence-electron chi connectivity index (χ4n) is 1.59. The number of amides is 1. The van der Waals surface area contributed by atoms with Crippen LogP contribution in [0.3, 0.4) is 0 Å². The average Bonchev–Trinajstić information content (AvgIpc) is 2.89. The van der Waals surface area contributed by atoms with Gasteiger partial charge in [0.05, 0.1) is 6.54 Å². The molecular formula is C13H19ClN2O4. The molecule has 1 aliphatic heterocycles. The number of halogens is 1. The molecule has 0 saturated carbocycles. The van der Waals surface area contributed by atoms with E-state index in [1.165, 1.54) is 0 Å². The van der Waals surface area contributed by atoms with Crippen LogP contribution in [0.2, 0.25) is 0 Å². The molecule has 1 aromatic rings. The van der Waals surface area contributed by atoms with Gasteiger partial charge in [0.25, 0.3) is 0 Å². The SMILES string of the molecule is CC(CN)C(=O)NCCOc1ccc2c(c1)OCO2.Cl. The molecule has 1 unspecified atom stereocenters. The van der Waals surface area contributed by atoms with E-state index in [-0.39, 0.29) is 31.0 Å². The highest BCUT2D eigenvalue weighted by Crippen LogP contribution is 2.34. The van der Waals surface area contributed by atoms with Gasteiger partial charge in [-0.15, -0.1) is 12.4 Å². The summed E-state index contributed by atoms with van der Waals surface area (Å²) in [6.45, 7) is 3.20. The number of benzene rings is 1. The van der Waals surface area contributed by atoms with Gasteiger partial charge in [-0.05, 0) is 12.1 Å². The Morgan fingerprint density at radius 2 is 2.20 bits per heavy atom.